The van der Waals surface area contributed by atoms with Crippen LogP contribution in [0.4, 0.5) is 13.2 Å². The number of aromatic nitrogens is 2. The Kier molecular flexibility index (Phi) is 4.86. The molecule has 0 spiro atoms. The van der Waals surface area contributed by atoms with Crippen LogP contribution in [0.5, 0.6) is 0 Å². The minimum absolute atomic E-state index is 0.207. The number of nitrogens with two attached hydrogens (primary N) is 1. The summed E-state index contributed by atoms with van der Waals surface area (Å²) in [4.78, 5) is 5.93. The lowest BCUT2D eigenvalue weighted by Gasteiger charge is -2.16. The second-order valence-electron chi connectivity index (χ2n) is 6.10. The molecule has 8 heteroatoms. The van der Waals surface area contributed by atoms with E-state index in [4.69, 9.17) is 10.3 Å². The van der Waals surface area contributed by atoms with Gasteiger partial charge in [-0.3, -0.25) is 4.90 Å². The van der Waals surface area contributed by atoms with Crippen molar-refractivity contribution in [2.45, 2.75) is 25.1 Å². The fourth-order valence-electron chi connectivity index (χ4n) is 3.20. The van der Waals surface area contributed by atoms with E-state index in [1.165, 1.54) is 5.56 Å². The minimum atomic E-state index is -4.34. The monoisotopic (exact) mass is 340 g/mol. The van der Waals surface area contributed by atoms with Gasteiger partial charge in [-0.25, -0.2) is 0 Å². The van der Waals surface area contributed by atoms with Gasteiger partial charge in [0.25, 0.3) is 0 Å². The van der Waals surface area contributed by atoms with Gasteiger partial charge in [0.2, 0.25) is 5.89 Å². The number of hydrogen-bond donors (Lipinski definition) is 1. The Morgan fingerprint density at radius 1 is 1.21 bits per heavy atom. The minimum Gasteiger partial charge on any atom is -0.338 e. The molecule has 1 aliphatic heterocycles. The standard InChI is InChI=1S/C16H19F3N4O/c17-16(18,19)6-14-21-15(24-22-14)10-23-8-12(7-20)13(9-23)11-4-2-1-3-5-11/h1-5,12-13H,6-10,20H2/t12-,13+/m1/s1. The summed E-state index contributed by atoms with van der Waals surface area (Å²) in [6.07, 6.45) is -5.51. The summed E-state index contributed by atoms with van der Waals surface area (Å²) in [6, 6.07) is 10.1. The van der Waals surface area contributed by atoms with Crippen LogP contribution in [0, 0.1) is 5.92 Å². The Morgan fingerprint density at radius 2 is 1.96 bits per heavy atom. The van der Waals surface area contributed by atoms with Crippen molar-refractivity contribution in [3.05, 3.63) is 47.6 Å². The van der Waals surface area contributed by atoms with Crippen molar-refractivity contribution < 1.29 is 17.7 Å². The lowest BCUT2D eigenvalue weighted by atomic mass is 9.89. The Bertz CT molecular complexity index is 659. The molecule has 1 aliphatic rings. The first kappa shape index (κ1) is 16.9. The Hall–Kier alpha value is -1.93. The van der Waals surface area contributed by atoms with Crippen LogP contribution in [-0.2, 0) is 13.0 Å². The van der Waals surface area contributed by atoms with Gasteiger partial charge >= 0.3 is 6.18 Å². The average molecular weight is 340 g/mol. The predicted molar refractivity (Wildman–Crippen MR) is 81.1 cm³/mol. The molecular formula is C16H19F3N4O. The summed E-state index contributed by atoms with van der Waals surface area (Å²) < 4.78 is 42.0. The summed E-state index contributed by atoms with van der Waals surface area (Å²) in [7, 11) is 0. The Labute approximate surface area is 137 Å². The van der Waals surface area contributed by atoms with Crippen molar-refractivity contribution >= 4 is 0 Å². The lowest BCUT2D eigenvalue weighted by Crippen LogP contribution is -2.23. The van der Waals surface area contributed by atoms with Gasteiger partial charge < -0.3 is 10.3 Å². The largest absolute Gasteiger partial charge is 0.396 e. The third-order valence-corrected chi connectivity index (χ3v) is 4.27. The maximum atomic E-state index is 12.3. The average Bonchev–Trinajstić information content (AvgIpc) is 3.13. The van der Waals surface area contributed by atoms with Crippen LogP contribution in [0.3, 0.4) is 0 Å². The molecule has 2 atom stereocenters. The summed E-state index contributed by atoms with van der Waals surface area (Å²) in [5.74, 6) is 0.476. The number of rotatable bonds is 5. The van der Waals surface area contributed by atoms with Gasteiger partial charge in [-0.05, 0) is 18.0 Å². The molecule has 1 saturated heterocycles. The highest BCUT2D eigenvalue weighted by Crippen LogP contribution is 2.32. The van der Waals surface area contributed by atoms with E-state index in [-0.39, 0.29) is 11.7 Å². The maximum absolute atomic E-state index is 12.3. The first-order chi connectivity index (χ1) is 11.4. The highest BCUT2D eigenvalue weighted by molar-refractivity contribution is 5.22. The van der Waals surface area contributed by atoms with Gasteiger partial charge in [0.05, 0.1) is 6.54 Å². The molecule has 1 fully saturated rings. The van der Waals surface area contributed by atoms with Gasteiger partial charge in [0.15, 0.2) is 5.82 Å². The zero-order chi connectivity index (χ0) is 17.2. The van der Waals surface area contributed by atoms with E-state index in [0.29, 0.717) is 24.9 Å². The Balaban J connectivity index is 1.64. The zero-order valence-corrected chi connectivity index (χ0v) is 13.0. The van der Waals surface area contributed by atoms with Crippen molar-refractivity contribution in [3.63, 3.8) is 0 Å². The van der Waals surface area contributed by atoms with E-state index in [1.54, 1.807) is 0 Å². The first-order valence-corrected chi connectivity index (χ1v) is 7.80. The molecule has 0 saturated carbocycles. The normalized spacial score (nSPS) is 22.2. The molecule has 5 nitrogen and oxygen atoms in total. The number of hydrogen-bond acceptors (Lipinski definition) is 5. The highest BCUT2D eigenvalue weighted by Gasteiger charge is 2.34. The van der Waals surface area contributed by atoms with Crippen LogP contribution in [0.15, 0.2) is 34.9 Å². The SMILES string of the molecule is NC[C@@H]1CN(Cc2nc(CC(F)(F)F)no2)C[C@H]1c1ccccc1. The summed E-state index contributed by atoms with van der Waals surface area (Å²) >= 11 is 0. The van der Waals surface area contributed by atoms with Crippen molar-refractivity contribution in [1.29, 1.82) is 0 Å². The molecule has 24 heavy (non-hydrogen) atoms. The fourth-order valence-corrected chi connectivity index (χ4v) is 3.20. The second kappa shape index (κ2) is 6.90. The van der Waals surface area contributed by atoms with Crippen molar-refractivity contribution in [2.75, 3.05) is 19.6 Å². The predicted octanol–water partition coefficient (Wildman–Crippen LogP) is 2.35. The molecule has 0 bridgehead atoms. The van der Waals surface area contributed by atoms with Gasteiger partial charge in [0.1, 0.15) is 6.42 Å². The smallest absolute Gasteiger partial charge is 0.338 e. The molecule has 130 valence electrons. The second-order valence-corrected chi connectivity index (χ2v) is 6.10. The zero-order valence-electron chi connectivity index (χ0n) is 13.0. The number of benzene rings is 1. The lowest BCUT2D eigenvalue weighted by molar-refractivity contribution is -0.128. The Morgan fingerprint density at radius 3 is 2.62 bits per heavy atom. The quantitative estimate of drug-likeness (QED) is 0.905. The maximum Gasteiger partial charge on any atom is 0.396 e. The molecule has 1 aromatic carbocycles. The third-order valence-electron chi connectivity index (χ3n) is 4.27. The van der Waals surface area contributed by atoms with Crippen molar-refractivity contribution in [1.82, 2.24) is 15.0 Å². The number of likely N-dealkylation sites (tertiary alicyclic amines) is 1. The molecule has 2 aromatic rings. The highest BCUT2D eigenvalue weighted by atomic mass is 19.4. The topological polar surface area (TPSA) is 68.2 Å². The van der Waals surface area contributed by atoms with E-state index >= 15 is 0 Å². The number of nitrogens with zero attached hydrogens (tertiary/aromatic N) is 3. The van der Waals surface area contributed by atoms with E-state index in [9.17, 15) is 13.2 Å². The molecule has 2 N–H and O–H groups in total. The summed E-state index contributed by atoms with van der Waals surface area (Å²) in [6.45, 7) is 2.42. The van der Waals surface area contributed by atoms with Crippen LogP contribution in [0.1, 0.15) is 23.2 Å². The fraction of sp³-hybridized carbons (Fsp3) is 0.500. The van der Waals surface area contributed by atoms with E-state index in [0.717, 1.165) is 13.1 Å². The van der Waals surface area contributed by atoms with Crippen molar-refractivity contribution in [2.24, 2.45) is 11.7 Å². The van der Waals surface area contributed by atoms with Crippen LogP contribution in [-0.4, -0.2) is 40.9 Å². The molecular weight excluding hydrogens is 321 g/mol. The van der Waals surface area contributed by atoms with Gasteiger partial charge in [-0.1, -0.05) is 35.5 Å². The van der Waals surface area contributed by atoms with Crippen LogP contribution < -0.4 is 5.73 Å². The summed E-state index contributed by atoms with van der Waals surface area (Å²) in [5.41, 5.74) is 7.11. The van der Waals surface area contributed by atoms with Crippen LogP contribution >= 0.6 is 0 Å². The molecule has 1 aromatic heterocycles. The van der Waals surface area contributed by atoms with Gasteiger partial charge in [0, 0.05) is 19.0 Å². The molecule has 3 rings (SSSR count). The number of halogens is 3. The summed E-state index contributed by atoms with van der Waals surface area (Å²) in [5, 5.41) is 3.40. The van der Waals surface area contributed by atoms with Crippen LogP contribution in [0.25, 0.3) is 0 Å². The molecule has 0 amide bonds. The molecule has 0 unspecified atom stereocenters. The molecule has 2 heterocycles. The first-order valence-electron chi connectivity index (χ1n) is 7.80. The van der Waals surface area contributed by atoms with Crippen molar-refractivity contribution in [3.8, 4) is 0 Å². The molecule has 0 aliphatic carbocycles. The molecule has 0 radical (unpaired) electrons. The third kappa shape index (κ3) is 4.12. The van der Waals surface area contributed by atoms with E-state index in [2.05, 4.69) is 27.2 Å². The van der Waals surface area contributed by atoms with Crippen LogP contribution in [0.2, 0.25) is 0 Å². The van der Waals surface area contributed by atoms with Gasteiger partial charge in [-0.2, -0.15) is 18.2 Å². The van der Waals surface area contributed by atoms with E-state index < -0.39 is 12.6 Å². The van der Waals surface area contributed by atoms with Gasteiger partial charge in [-0.15, -0.1) is 0 Å². The van der Waals surface area contributed by atoms with E-state index in [1.807, 2.05) is 18.2 Å². The number of alkyl halides is 3.